The summed E-state index contributed by atoms with van der Waals surface area (Å²) in [6.45, 7) is 3.04. The van der Waals surface area contributed by atoms with Crippen molar-refractivity contribution in [2.45, 2.75) is 19.4 Å². The van der Waals surface area contributed by atoms with Crippen LogP contribution in [0.4, 0.5) is 10.5 Å². The van der Waals surface area contributed by atoms with Crippen LogP contribution in [0.3, 0.4) is 0 Å². The minimum Gasteiger partial charge on any atom is -0.394 e. The molecule has 1 unspecified atom stereocenters. The number of nitrogens with one attached hydrogen (secondary N) is 1. The average molecular weight is 355 g/mol. The van der Waals surface area contributed by atoms with Crippen molar-refractivity contribution < 1.29 is 9.90 Å². The first kappa shape index (κ1) is 19.9. The summed E-state index contributed by atoms with van der Waals surface area (Å²) in [4.78, 5) is 16.7. The fraction of sp³-hybridized carbons (Fsp3) is 0.381. The highest BCUT2D eigenvalue weighted by atomic mass is 16.3. The number of aliphatic hydroxyl groups is 1. The van der Waals surface area contributed by atoms with Crippen molar-refractivity contribution in [3.8, 4) is 0 Å². The molecule has 2 aromatic rings. The van der Waals surface area contributed by atoms with E-state index in [9.17, 15) is 9.90 Å². The second-order valence-corrected chi connectivity index (χ2v) is 6.77. The molecule has 0 aliphatic rings. The number of nitrogens with zero attached hydrogens (tertiary/aromatic N) is 2. The van der Waals surface area contributed by atoms with Crippen LogP contribution in [-0.2, 0) is 6.42 Å². The number of hydrogen-bond donors (Lipinski definition) is 2. The van der Waals surface area contributed by atoms with Crippen LogP contribution in [0.5, 0.6) is 0 Å². The summed E-state index contributed by atoms with van der Waals surface area (Å²) < 4.78 is 0. The molecule has 26 heavy (non-hydrogen) atoms. The van der Waals surface area contributed by atoms with Gasteiger partial charge in [-0.2, -0.15) is 0 Å². The van der Waals surface area contributed by atoms with Crippen LogP contribution in [0.25, 0.3) is 0 Å². The zero-order valence-corrected chi connectivity index (χ0v) is 15.9. The van der Waals surface area contributed by atoms with E-state index in [1.165, 1.54) is 5.56 Å². The maximum absolute atomic E-state index is 13.0. The zero-order valence-electron chi connectivity index (χ0n) is 15.9. The van der Waals surface area contributed by atoms with E-state index in [1.54, 1.807) is 4.90 Å². The minimum absolute atomic E-state index is 0.0752. The molecule has 0 radical (unpaired) electrons. The van der Waals surface area contributed by atoms with E-state index in [4.69, 9.17) is 0 Å². The molecule has 0 aliphatic carbocycles. The Bertz CT molecular complexity index is 689. The third-order valence-electron chi connectivity index (χ3n) is 4.36. The van der Waals surface area contributed by atoms with Gasteiger partial charge in [0.1, 0.15) is 0 Å². The lowest BCUT2D eigenvalue weighted by molar-refractivity contribution is 0.122. The Morgan fingerprint density at radius 1 is 1.08 bits per heavy atom. The van der Waals surface area contributed by atoms with Gasteiger partial charge in [-0.05, 0) is 44.6 Å². The number of carbonyl (C=O) groups excluding carboxylic acids is 1. The van der Waals surface area contributed by atoms with Crippen molar-refractivity contribution >= 4 is 11.7 Å². The number of aliphatic hydroxyl groups excluding tert-OH is 1. The van der Waals surface area contributed by atoms with Gasteiger partial charge < -0.3 is 20.2 Å². The lowest BCUT2D eigenvalue weighted by atomic mass is 10.1. The molecule has 140 valence electrons. The standard InChI is InChI=1S/C21H29N3O2/c1-17-9-7-8-12-20(17)22-21(26)24(19(16-25)15-23(2)3)14-13-18-10-5-4-6-11-18/h4-12,19,25H,13-16H2,1-3H3,(H,22,26). The molecule has 0 aliphatic heterocycles. The first-order valence-corrected chi connectivity index (χ1v) is 8.94. The maximum atomic E-state index is 13.0. The quantitative estimate of drug-likeness (QED) is 0.765. The summed E-state index contributed by atoms with van der Waals surface area (Å²) in [5.74, 6) is 0. The fourth-order valence-corrected chi connectivity index (χ4v) is 2.92. The van der Waals surface area contributed by atoms with E-state index in [1.807, 2.05) is 68.4 Å². The number of benzene rings is 2. The van der Waals surface area contributed by atoms with Crippen LogP contribution in [0.15, 0.2) is 54.6 Å². The normalized spacial score (nSPS) is 12.0. The lowest BCUT2D eigenvalue weighted by Crippen LogP contribution is -2.50. The van der Waals surface area contributed by atoms with Gasteiger partial charge in [-0.15, -0.1) is 0 Å². The van der Waals surface area contributed by atoms with Gasteiger partial charge in [-0.3, -0.25) is 0 Å². The van der Waals surface area contributed by atoms with E-state index < -0.39 is 0 Å². The smallest absolute Gasteiger partial charge is 0.322 e. The third-order valence-corrected chi connectivity index (χ3v) is 4.36. The number of para-hydroxylation sites is 1. The van der Waals surface area contributed by atoms with E-state index in [-0.39, 0.29) is 18.7 Å². The molecular weight excluding hydrogens is 326 g/mol. The molecule has 0 bridgehead atoms. The molecule has 0 spiro atoms. The first-order chi connectivity index (χ1) is 12.5. The highest BCUT2D eigenvalue weighted by Gasteiger charge is 2.24. The molecular formula is C21H29N3O2. The Morgan fingerprint density at radius 3 is 2.35 bits per heavy atom. The van der Waals surface area contributed by atoms with Gasteiger partial charge in [0.2, 0.25) is 0 Å². The van der Waals surface area contributed by atoms with Crippen LogP contribution >= 0.6 is 0 Å². The third kappa shape index (κ3) is 5.86. The molecule has 1 atom stereocenters. The minimum atomic E-state index is -0.266. The second kappa shape index (κ2) is 9.94. The molecule has 0 aromatic heterocycles. The predicted molar refractivity (Wildman–Crippen MR) is 106 cm³/mol. The molecule has 0 saturated carbocycles. The Morgan fingerprint density at radius 2 is 1.73 bits per heavy atom. The van der Waals surface area contributed by atoms with Gasteiger partial charge in [0, 0.05) is 18.8 Å². The summed E-state index contributed by atoms with van der Waals surface area (Å²) in [7, 11) is 3.88. The van der Waals surface area contributed by atoms with Crippen molar-refractivity contribution in [1.82, 2.24) is 9.80 Å². The highest BCUT2D eigenvalue weighted by molar-refractivity contribution is 5.90. The SMILES string of the molecule is Cc1ccccc1NC(=O)N(CCc1ccccc1)C(CO)CN(C)C. The van der Waals surface area contributed by atoms with Crippen LogP contribution < -0.4 is 5.32 Å². The van der Waals surface area contributed by atoms with Crippen molar-refractivity contribution in [1.29, 1.82) is 0 Å². The summed E-state index contributed by atoms with van der Waals surface area (Å²) in [6.07, 6.45) is 0.742. The Labute approximate surface area is 156 Å². The summed E-state index contributed by atoms with van der Waals surface area (Å²) >= 11 is 0. The number of hydrogen-bond acceptors (Lipinski definition) is 3. The van der Waals surface area contributed by atoms with E-state index in [0.29, 0.717) is 13.1 Å². The van der Waals surface area contributed by atoms with Crippen molar-refractivity contribution in [2.75, 3.05) is 39.1 Å². The number of amides is 2. The molecule has 0 heterocycles. The van der Waals surface area contributed by atoms with Crippen molar-refractivity contribution in [3.63, 3.8) is 0 Å². The number of likely N-dealkylation sites (N-methyl/N-ethyl adjacent to an activating group) is 1. The average Bonchev–Trinajstić information content (AvgIpc) is 2.63. The van der Waals surface area contributed by atoms with Crippen LogP contribution in [0.1, 0.15) is 11.1 Å². The van der Waals surface area contributed by atoms with Gasteiger partial charge in [-0.1, -0.05) is 48.5 Å². The zero-order chi connectivity index (χ0) is 18.9. The Balaban J connectivity index is 2.15. The fourth-order valence-electron chi connectivity index (χ4n) is 2.92. The molecule has 2 amide bonds. The van der Waals surface area contributed by atoms with E-state index >= 15 is 0 Å². The van der Waals surface area contributed by atoms with Crippen LogP contribution in [-0.4, -0.2) is 60.8 Å². The second-order valence-electron chi connectivity index (χ2n) is 6.77. The number of urea groups is 1. The Hall–Kier alpha value is -2.37. The molecule has 5 heteroatoms. The maximum Gasteiger partial charge on any atom is 0.322 e. The van der Waals surface area contributed by atoms with Gasteiger partial charge in [0.25, 0.3) is 0 Å². The summed E-state index contributed by atoms with van der Waals surface area (Å²) in [6, 6.07) is 17.3. The predicted octanol–water partition coefficient (Wildman–Crippen LogP) is 2.99. The number of carbonyl (C=O) groups is 1. The monoisotopic (exact) mass is 355 g/mol. The highest BCUT2D eigenvalue weighted by Crippen LogP contribution is 2.15. The topological polar surface area (TPSA) is 55.8 Å². The molecule has 2 rings (SSSR count). The van der Waals surface area contributed by atoms with Crippen molar-refractivity contribution in [2.24, 2.45) is 0 Å². The number of aryl methyl sites for hydroxylation is 1. The number of anilines is 1. The lowest BCUT2D eigenvalue weighted by Gasteiger charge is -2.32. The van der Waals surface area contributed by atoms with Gasteiger partial charge in [-0.25, -0.2) is 4.79 Å². The van der Waals surface area contributed by atoms with E-state index in [0.717, 1.165) is 17.7 Å². The van der Waals surface area contributed by atoms with Gasteiger partial charge in [0.15, 0.2) is 0 Å². The van der Waals surface area contributed by atoms with E-state index in [2.05, 4.69) is 17.4 Å². The molecule has 5 nitrogen and oxygen atoms in total. The first-order valence-electron chi connectivity index (χ1n) is 8.94. The molecule has 2 aromatic carbocycles. The Kier molecular flexibility index (Phi) is 7.63. The largest absolute Gasteiger partial charge is 0.394 e. The molecule has 2 N–H and O–H groups in total. The molecule has 0 fully saturated rings. The van der Waals surface area contributed by atoms with Crippen LogP contribution in [0, 0.1) is 6.92 Å². The summed E-state index contributed by atoms with van der Waals surface area (Å²) in [5, 5.41) is 12.9. The van der Waals surface area contributed by atoms with Crippen molar-refractivity contribution in [3.05, 3.63) is 65.7 Å². The van der Waals surface area contributed by atoms with Gasteiger partial charge in [0.05, 0.1) is 12.6 Å². The number of rotatable bonds is 8. The van der Waals surface area contributed by atoms with Gasteiger partial charge >= 0.3 is 6.03 Å². The van der Waals surface area contributed by atoms with Crippen LogP contribution in [0.2, 0.25) is 0 Å². The molecule has 0 saturated heterocycles. The summed E-state index contributed by atoms with van der Waals surface area (Å²) in [5.41, 5.74) is 2.98.